The normalized spacial score (nSPS) is 20.9. The van der Waals surface area contributed by atoms with E-state index in [0.717, 1.165) is 0 Å². The third-order valence-corrected chi connectivity index (χ3v) is 1.62. The molecule has 0 unspecified atom stereocenters. The predicted molar refractivity (Wildman–Crippen MR) is 55.1 cm³/mol. The van der Waals surface area contributed by atoms with Crippen molar-refractivity contribution in [1.29, 1.82) is 0 Å². The Balaban J connectivity index is 0.00000121. The van der Waals surface area contributed by atoms with Gasteiger partial charge in [-0.1, -0.05) is 5.16 Å². The van der Waals surface area contributed by atoms with Crippen LogP contribution in [-0.2, 0) is 4.84 Å². The first-order valence-corrected chi connectivity index (χ1v) is 3.68. The smallest absolute Gasteiger partial charge is 0.156 e. The molecule has 70 valence electrons. The number of halogens is 1. The fourth-order valence-corrected chi connectivity index (χ4v) is 0.957. The van der Waals surface area contributed by atoms with E-state index in [1.807, 2.05) is 13.8 Å². The SMILES string of the molecule is CC1(C)CC(/C(N)=N/S)=NO1.Cl. The van der Waals surface area contributed by atoms with Crippen LogP contribution in [0.3, 0.4) is 0 Å². The molecule has 1 aliphatic heterocycles. The van der Waals surface area contributed by atoms with Gasteiger partial charge in [-0.15, -0.1) is 12.4 Å². The summed E-state index contributed by atoms with van der Waals surface area (Å²) in [5, 5.41) is 3.77. The van der Waals surface area contributed by atoms with Crippen LogP contribution in [0.25, 0.3) is 0 Å². The van der Waals surface area contributed by atoms with E-state index in [4.69, 9.17) is 10.6 Å². The Labute approximate surface area is 83.2 Å². The zero-order valence-electron chi connectivity index (χ0n) is 6.94. The number of rotatable bonds is 1. The number of oxime groups is 1. The minimum atomic E-state index is -0.252. The van der Waals surface area contributed by atoms with Gasteiger partial charge >= 0.3 is 0 Å². The molecule has 12 heavy (non-hydrogen) atoms. The van der Waals surface area contributed by atoms with Crippen molar-refractivity contribution in [2.75, 3.05) is 0 Å². The van der Waals surface area contributed by atoms with Crippen LogP contribution in [-0.4, -0.2) is 17.1 Å². The second kappa shape index (κ2) is 4.00. The van der Waals surface area contributed by atoms with Gasteiger partial charge in [0.2, 0.25) is 0 Å². The molecular formula is C6H12ClN3OS. The number of hydrogen-bond acceptors (Lipinski definition) is 4. The lowest BCUT2D eigenvalue weighted by Crippen LogP contribution is -2.26. The van der Waals surface area contributed by atoms with Gasteiger partial charge in [-0.25, -0.2) is 4.40 Å². The lowest BCUT2D eigenvalue weighted by Gasteiger charge is -2.12. The van der Waals surface area contributed by atoms with Gasteiger partial charge in [0.1, 0.15) is 11.3 Å². The van der Waals surface area contributed by atoms with E-state index in [-0.39, 0.29) is 18.0 Å². The summed E-state index contributed by atoms with van der Waals surface area (Å²) in [5.41, 5.74) is 5.88. The van der Waals surface area contributed by atoms with Crippen LogP contribution in [0, 0.1) is 0 Å². The molecule has 0 saturated heterocycles. The molecule has 0 atom stereocenters. The van der Waals surface area contributed by atoms with Crippen molar-refractivity contribution < 1.29 is 4.84 Å². The summed E-state index contributed by atoms with van der Waals surface area (Å²) in [7, 11) is 0. The lowest BCUT2D eigenvalue weighted by molar-refractivity contribution is 0.0123. The van der Waals surface area contributed by atoms with Gasteiger partial charge in [-0.2, -0.15) is 0 Å². The maximum atomic E-state index is 5.46. The molecule has 0 bridgehead atoms. The van der Waals surface area contributed by atoms with Gasteiger partial charge in [0.15, 0.2) is 5.84 Å². The fourth-order valence-electron chi connectivity index (χ4n) is 0.841. The molecule has 0 spiro atoms. The first-order chi connectivity index (χ1) is 5.05. The van der Waals surface area contributed by atoms with Crippen molar-refractivity contribution in [1.82, 2.24) is 0 Å². The number of amidine groups is 1. The first kappa shape index (κ1) is 11.6. The van der Waals surface area contributed by atoms with Crippen molar-refractivity contribution in [3.63, 3.8) is 0 Å². The average molecular weight is 210 g/mol. The third-order valence-electron chi connectivity index (χ3n) is 1.40. The van der Waals surface area contributed by atoms with Crippen LogP contribution in [0.1, 0.15) is 20.3 Å². The second-order valence-electron chi connectivity index (χ2n) is 3.05. The highest BCUT2D eigenvalue weighted by Crippen LogP contribution is 2.22. The topological polar surface area (TPSA) is 60.0 Å². The van der Waals surface area contributed by atoms with Gasteiger partial charge in [-0.05, 0) is 26.7 Å². The van der Waals surface area contributed by atoms with E-state index < -0.39 is 0 Å². The summed E-state index contributed by atoms with van der Waals surface area (Å²) in [5.74, 6) is 0.332. The van der Waals surface area contributed by atoms with Gasteiger partial charge in [0, 0.05) is 6.42 Å². The van der Waals surface area contributed by atoms with E-state index in [0.29, 0.717) is 18.0 Å². The number of nitrogens with two attached hydrogens (primary N) is 1. The largest absolute Gasteiger partial charge is 0.389 e. The molecule has 0 aromatic carbocycles. The molecule has 1 heterocycles. The molecule has 1 aliphatic rings. The highest BCUT2D eigenvalue weighted by Gasteiger charge is 2.30. The van der Waals surface area contributed by atoms with Gasteiger partial charge in [0.05, 0.1) is 0 Å². The summed E-state index contributed by atoms with van der Waals surface area (Å²) in [4.78, 5) is 5.07. The second-order valence-corrected chi connectivity index (χ2v) is 3.25. The van der Waals surface area contributed by atoms with Gasteiger partial charge < -0.3 is 10.6 Å². The molecule has 4 nitrogen and oxygen atoms in total. The van der Waals surface area contributed by atoms with Crippen LogP contribution in [0.4, 0.5) is 0 Å². The summed E-state index contributed by atoms with van der Waals surface area (Å²) >= 11 is 3.67. The van der Waals surface area contributed by atoms with Gasteiger partial charge in [0.25, 0.3) is 0 Å². The summed E-state index contributed by atoms with van der Waals surface area (Å²) in [6, 6.07) is 0. The minimum absolute atomic E-state index is 0. The molecular weight excluding hydrogens is 198 g/mol. The maximum absolute atomic E-state index is 5.46. The van der Waals surface area contributed by atoms with Crippen LogP contribution in [0.5, 0.6) is 0 Å². The Morgan fingerprint density at radius 1 is 1.75 bits per heavy atom. The van der Waals surface area contributed by atoms with Crippen LogP contribution in [0.2, 0.25) is 0 Å². The molecule has 0 aliphatic carbocycles. The average Bonchev–Trinajstić information content (AvgIpc) is 2.29. The standard InChI is InChI=1S/C6H11N3OS.ClH/c1-6(2)3-4(8-10-6)5(7)9-11;/h11H,3H2,1-2H3,(H2,7,9);1H. The van der Waals surface area contributed by atoms with Crippen LogP contribution < -0.4 is 5.73 Å². The van der Waals surface area contributed by atoms with Crippen molar-refractivity contribution >= 4 is 36.8 Å². The van der Waals surface area contributed by atoms with Gasteiger partial charge in [-0.3, -0.25) is 0 Å². The molecule has 0 aromatic rings. The fraction of sp³-hybridized carbons (Fsp3) is 0.667. The predicted octanol–water partition coefficient (Wildman–Crippen LogP) is 1.17. The molecule has 2 N–H and O–H groups in total. The van der Waals surface area contributed by atoms with Crippen molar-refractivity contribution in [3.05, 3.63) is 0 Å². The quantitative estimate of drug-likeness (QED) is 0.387. The number of hydrogen-bond donors (Lipinski definition) is 2. The summed E-state index contributed by atoms with van der Waals surface area (Å²) < 4.78 is 3.51. The Bertz CT molecular complexity index is 227. The monoisotopic (exact) mass is 209 g/mol. The minimum Gasteiger partial charge on any atom is -0.389 e. The molecule has 0 amide bonds. The molecule has 0 radical (unpaired) electrons. The summed E-state index contributed by atoms with van der Waals surface area (Å²) in [6.07, 6.45) is 0.683. The Kier molecular flexibility index (Phi) is 3.86. The highest BCUT2D eigenvalue weighted by atomic mass is 35.5. The van der Waals surface area contributed by atoms with Crippen molar-refractivity contribution in [2.24, 2.45) is 15.3 Å². The van der Waals surface area contributed by atoms with E-state index >= 15 is 0 Å². The molecule has 0 aromatic heterocycles. The lowest BCUT2D eigenvalue weighted by atomic mass is 10.0. The van der Waals surface area contributed by atoms with E-state index in [1.165, 1.54) is 0 Å². The number of nitrogens with zero attached hydrogens (tertiary/aromatic N) is 2. The Morgan fingerprint density at radius 3 is 2.67 bits per heavy atom. The van der Waals surface area contributed by atoms with Crippen LogP contribution >= 0.6 is 25.2 Å². The van der Waals surface area contributed by atoms with E-state index in [9.17, 15) is 0 Å². The van der Waals surface area contributed by atoms with E-state index in [1.54, 1.807) is 0 Å². The third kappa shape index (κ3) is 2.57. The zero-order chi connectivity index (χ0) is 8.48. The molecule has 1 rings (SSSR count). The van der Waals surface area contributed by atoms with Crippen molar-refractivity contribution in [2.45, 2.75) is 25.9 Å². The van der Waals surface area contributed by atoms with E-state index in [2.05, 4.69) is 22.4 Å². The highest BCUT2D eigenvalue weighted by molar-refractivity contribution is 7.79. The zero-order valence-corrected chi connectivity index (χ0v) is 8.65. The summed E-state index contributed by atoms with van der Waals surface area (Å²) in [6.45, 7) is 3.88. The number of thiol groups is 1. The maximum Gasteiger partial charge on any atom is 0.156 e. The molecule has 6 heteroatoms. The Hall–Kier alpha value is -0.420. The van der Waals surface area contributed by atoms with Crippen LogP contribution in [0.15, 0.2) is 9.55 Å². The molecule has 0 fully saturated rings. The van der Waals surface area contributed by atoms with Crippen molar-refractivity contribution in [3.8, 4) is 0 Å². The first-order valence-electron chi connectivity index (χ1n) is 3.28. The molecule has 0 saturated carbocycles. The Morgan fingerprint density at radius 2 is 2.33 bits per heavy atom.